The molecule has 0 aromatic carbocycles. The highest BCUT2D eigenvalue weighted by molar-refractivity contribution is 5.67. The second-order valence-corrected chi connectivity index (χ2v) is 10.5. The number of carbonyl (C=O) groups is 2. The molecule has 0 saturated heterocycles. The van der Waals surface area contributed by atoms with Gasteiger partial charge in [0.05, 0.1) is 0 Å². The molecule has 28 heavy (non-hydrogen) atoms. The normalized spacial score (nSPS) is 36.5. The largest absolute Gasteiger partial charge is 0.459 e. The van der Waals surface area contributed by atoms with Crippen LogP contribution in [0, 0.1) is 22.7 Å². The van der Waals surface area contributed by atoms with Crippen molar-refractivity contribution in [1.82, 2.24) is 0 Å². The molecule has 0 N–H and O–H groups in total. The Labute approximate surface area is 171 Å². The van der Waals surface area contributed by atoms with E-state index >= 15 is 0 Å². The van der Waals surface area contributed by atoms with E-state index in [9.17, 15) is 9.59 Å². The number of esters is 2. The van der Waals surface area contributed by atoms with E-state index < -0.39 is 11.2 Å². The molecule has 2 aliphatic carbocycles. The molecule has 0 unspecified atom stereocenters. The second-order valence-electron chi connectivity index (χ2n) is 10.5. The zero-order valence-electron chi connectivity index (χ0n) is 19.0. The molecule has 2 aliphatic rings. The molecule has 0 radical (unpaired) electrons. The van der Waals surface area contributed by atoms with Crippen molar-refractivity contribution in [3.05, 3.63) is 12.7 Å². The Kier molecular flexibility index (Phi) is 6.43. The third kappa shape index (κ3) is 4.46. The third-order valence-electron chi connectivity index (χ3n) is 7.85. The SMILES string of the molecule is C=C[C@](C)(CC[C@H]1[C@@]2(C)CCCC(C)(C)[C@H]2CC[C@@]1(C)OC(C)=O)OC(C)=O. The highest BCUT2D eigenvalue weighted by Gasteiger charge is 2.59. The van der Waals surface area contributed by atoms with Crippen molar-refractivity contribution in [1.29, 1.82) is 0 Å². The molecule has 2 saturated carbocycles. The Balaban J connectivity index is 2.37. The quantitative estimate of drug-likeness (QED) is 0.421. The first-order valence-electron chi connectivity index (χ1n) is 10.8. The number of carbonyl (C=O) groups excluding carboxylic acids is 2. The first-order valence-corrected chi connectivity index (χ1v) is 10.8. The van der Waals surface area contributed by atoms with Crippen LogP contribution in [0.3, 0.4) is 0 Å². The molecule has 0 spiro atoms. The topological polar surface area (TPSA) is 52.6 Å². The van der Waals surface area contributed by atoms with Gasteiger partial charge in [-0.25, -0.2) is 0 Å². The Bertz CT molecular complexity index is 624. The highest BCUT2D eigenvalue weighted by atomic mass is 16.6. The monoisotopic (exact) mass is 392 g/mol. The fourth-order valence-corrected chi connectivity index (χ4v) is 6.65. The number of fused-ring (bicyclic) bond motifs is 1. The average molecular weight is 393 g/mol. The lowest BCUT2D eigenvalue weighted by Gasteiger charge is -2.62. The number of rotatable bonds is 6. The van der Waals surface area contributed by atoms with Gasteiger partial charge in [-0.05, 0) is 75.2 Å². The van der Waals surface area contributed by atoms with E-state index in [2.05, 4.69) is 34.3 Å². The maximum absolute atomic E-state index is 11.9. The van der Waals surface area contributed by atoms with Gasteiger partial charge >= 0.3 is 11.9 Å². The van der Waals surface area contributed by atoms with Gasteiger partial charge in [-0.15, -0.1) is 0 Å². The van der Waals surface area contributed by atoms with Crippen molar-refractivity contribution in [2.45, 2.75) is 105 Å². The third-order valence-corrected chi connectivity index (χ3v) is 7.85. The molecular weight excluding hydrogens is 352 g/mol. The summed E-state index contributed by atoms with van der Waals surface area (Å²) in [5, 5.41) is 0. The summed E-state index contributed by atoms with van der Waals surface area (Å²) in [4.78, 5) is 23.5. The van der Waals surface area contributed by atoms with E-state index in [1.165, 1.54) is 26.7 Å². The first-order chi connectivity index (χ1) is 12.8. The molecule has 0 heterocycles. The molecule has 2 rings (SSSR count). The van der Waals surface area contributed by atoms with Crippen molar-refractivity contribution >= 4 is 11.9 Å². The van der Waals surface area contributed by atoms with Gasteiger partial charge in [-0.3, -0.25) is 9.59 Å². The van der Waals surface area contributed by atoms with Gasteiger partial charge in [0.1, 0.15) is 11.2 Å². The summed E-state index contributed by atoms with van der Waals surface area (Å²) in [6, 6.07) is 0. The van der Waals surface area contributed by atoms with Gasteiger partial charge < -0.3 is 9.47 Å². The second kappa shape index (κ2) is 7.84. The van der Waals surface area contributed by atoms with Crippen molar-refractivity contribution in [2.75, 3.05) is 0 Å². The molecule has 4 nitrogen and oxygen atoms in total. The van der Waals surface area contributed by atoms with E-state index in [0.29, 0.717) is 17.8 Å². The fourth-order valence-electron chi connectivity index (χ4n) is 6.65. The highest BCUT2D eigenvalue weighted by Crippen LogP contribution is 2.63. The van der Waals surface area contributed by atoms with Crippen LogP contribution in [-0.4, -0.2) is 23.1 Å². The molecule has 0 bridgehead atoms. The summed E-state index contributed by atoms with van der Waals surface area (Å²) < 4.78 is 11.6. The van der Waals surface area contributed by atoms with Crippen molar-refractivity contribution in [3.8, 4) is 0 Å². The Morgan fingerprint density at radius 2 is 1.75 bits per heavy atom. The van der Waals surface area contributed by atoms with Crippen molar-refractivity contribution < 1.29 is 19.1 Å². The van der Waals surface area contributed by atoms with E-state index in [4.69, 9.17) is 9.47 Å². The van der Waals surface area contributed by atoms with E-state index in [1.807, 2.05) is 6.92 Å². The summed E-state index contributed by atoms with van der Waals surface area (Å²) in [6.45, 7) is 18.1. The molecule has 5 atom stereocenters. The van der Waals surface area contributed by atoms with Gasteiger partial charge in [0.15, 0.2) is 0 Å². The van der Waals surface area contributed by atoms with Crippen molar-refractivity contribution in [3.63, 3.8) is 0 Å². The Morgan fingerprint density at radius 1 is 1.11 bits per heavy atom. The lowest BCUT2D eigenvalue weighted by molar-refractivity contribution is -0.201. The van der Waals surface area contributed by atoms with Crippen LogP contribution in [0.5, 0.6) is 0 Å². The van der Waals surface area contributed by atoms with Crippen LogP contribution in [0.25, 0.3) is 0 Å². The summed E-state index contributed by atoms with van der Waals surface area (Å²) in [5.74, 6) is 0.316. The number of ether oxygens (including phenoxy) is 2. The van der Waals surface area contributed by atoms with Gasteiger partial charge in [0.25, 0.3) is 0 Å². The standard InChI is InChI=1S/C24H40O4/c1-9-22(6,27-17(2)25)15-11-20-23(7)14-10-13-21(4,5)19(23)12-16-24(20,8)28-18(3)26/h9,19-20H,1,10-16H2,2-8H3/t19-,20+,22-,23+,24-/m1/s1. The predicted molar refractivity (Wildman–Crippen MR) is 112 cm³/mol. The van der Waals surface area contributed by atoms with Crippen LogP contribution in [0.15, 0.2) is 12.7 Å². The lowest BCUT2D eigenvalue weighted by atomic mass is 9.45. The zero-order valence-corrected chi connectivity index (χ0v) is 19.0. The molecule has 0 aliphatic heterocycles. The summed E-state index contributed by atoms with van der Waals surface area (Å²) in [7, 11) is 0. The summed E-state index contributed by atoms with van der Waals surface area (Å²) in [5.41, 5.74) is -0.789. The minimum Gasteiger partial charge on any atom is -0.459 e. The van der Waals surface area contributed by atoms with Gasteiger partial charge in [-0.2, -0.15) is 0 Å². The van der Waals surface area contributed by atoms with Gasteiger partial charge in [0, 0.05) is 19.8 Å². The van der Waals surface area contributed by atoms with Crippen LogP contribution < -0.4 is 0 Å². The summed E-state index contributed by atoms with van der Waals surface area (Å²) in [6.07, 6.45) is 8.83. The van der Waals surface area contributed by atoms with Crippen LogP contribution in [0.1, 0.15) is 93.4 Å². The van der Waals surface area contributed by atoms with Crippen LogP contribution in [0.2, 0.25) is 0 Å². The lowest BCUT2D eigenvalue weighted by Crippen LogP contribution is -2.59. The van der Waals surface area contributed by atoms with Crippen molar-refractivity contribution in [2.24, 2.45) is 22.7 Å². The molecule has 4 heteroatoms. The Morgan fingerprint density at radius 3 is 2.29 bits per heavy atom. The number of hydrogen-bond acceptors (Lipinski definition) is 4. The number of hydrogen-bond donors (Lipinski definition) is 0. The minimum atomic E-state index is -0.698. The molecule has 2 fully saturated rings. The molecule has 0 aromatic heterocycles. The van der Waals surface area contributed by atoms with Crippen LogP contribution in [0.4, 0.5) is 0 Å². The molecule has 0 amide bonds. The first kappa shape index (κ1) is 23.0. The minimum absolute atomic E-state index is 0.0997. The Hall–Kier alpha value is -1.32. The maximum Gasteiger partial charge on any atom is 0.303 e. The van der Waals surface area contributed by atoms with Crippen LogP contribution in [-0.2, 0) is 19.1 Å². The van der Waals surface area contributed by atoms with E-state index in [-0.39, 0.29) is 23.3 Å². The van der Waals surface area contributed by atoms with Gasteiger partial charge in [-0.1, -0.05) is 33.8 Å². The average Bonchev–Trinajstić information content (AvgIpc) is 2.51. The van der Waals surface area contributed by atoms with E-state index in [1.54, 1.807) is 6.08 Å². The molecule has 160 valence electrons. The van der Waals surface area contributed by atoms with Crippen LogP contribution >= 0.6 is 0 Å². The zero-order chi connectivity index (χ0) is 21.4. The maximum atomic E-state index is 11.9. The molecular formula is C24H40O4. The predicted octanol–water partition coefficient (Wildman–Crippen LogP) is 5.84. The van der Waals surface area contributed by atoms with E-state index in [0.717, 1.165) is 25.7 Å². The van der Waals surface area contributed by atoms with Gasteiger partial charge in [0.2, 0.25) is 0 Å². The molecule has 0 aromatic rings. The smallest absolute Gasteiger partial charge is 0.303 e. The fraction of sp³-hybridized carbons (Fsp3) is 0.833. The summed E-state index contributed by atoms with van der Waals surface area (Å²) >= 11 is 0.